The fraction of sp³-hybridized carbons (Fsp3) is 0.0667. The van der Waals surface area contributed by atoms with Gasteiger partial charge in [-0.2, -0.15) is 14.9 Å². The van der Waals surface area contributed by atoms with Gasteiger partial charge in [0.15, 0.2) is 0 Å². The van der Waals surface area contributed by atoms with Crippen LogP contribution < -0.4 is 5.56 Å². The van der Waals surface area contributed by atoms with Crippen LogP contribution in [0.1, 0.15) is 11.3 Å². The van der Waals surface area contributed by atoms with E-state index in [-0.39, 0.29) is 10.3 Å². The second kappa shape index (κ2) is 5.41. The van der Waals surface area contributed by atoms with E-state index in [0.29, 0.717) is 5.69 Å². The molecule has 0 unspecified atom stereocenters. The van der Waals surface area contributed by atoms with Gasteiger partial charge in [0.1, 0.15) is 5.69 Å². The van der Waals surface area contributed by atoms with E-state index in [0.717, 1.165) is 21.0 Å². The number of hydrogen-bond donors (Lipinski definition) is 1. The number of nitrogens with zero attached hydrogens (tertiary/aromatic N) is 3. The Morgan fingerprint density at radius 3 is 2.86 bits per heavy atom. The van der Waals surface area contributed by atoms with Crippen LogP contribution in [0, 0.1) is 11.7 Å². The first-order valence-corrected chi connectivity index (χ1v) is 6.78. The van der Waals surface area contributed by atoms with E-state index >= 15 is 0 Å². The summed E-state index contributed by atoms with van der Waals surface area (Å²) in [6.07, 6.45) is 1.63. The van der Waals surface area contributed by atoms with Gasteiger partial charge in [0, 0.05) is 5.56 Å². The molecule has 0 amide bonds. The van der Waals surface area contributed by atoms with Crippen LogP contribution in [0.4, 0.5) is 0 Å². The highest BCUT2D eigenvalue weighted by molar-refractivity contribution is 7.71. The molecule has 0 aliphatic carbocycles. The van der Waals surface area contributed by atoms with Gasteiger partial charge in [-0.25, -0.2) is 0 Å². The van der Waals surface area contributed by atoms with E-state index in [4.69, 9.17) is 12.2 Å². The first kappa shape index (κ1) is 13.4. The molecule has 3 aromatic rings. The van der Waals surface area contributed by atoms with Crippen molar-refractivity contribution in [2.24, 2.45) is 5.10 Å². The van der Waals surface area contributed by atoms with Crippen molar-refractivity contribution in [3.05, 3.63) is 68.8 Å². The van der Waals surface area contributed by atoms with Gasteiger partial charge in [-0.3, -0.25) is 9.89 Å². The standard InChI is InChI=1S/C15H12N4OS/c1-10-14(20)19(15(21)18-17-10)16-9-12-7-4-6-11-5-2-3-8-13(11)12/h2-9H,1H3,(H,18,21). The van der Waals surface area contributed by atoms with Crippen molar-refractivity contribution in [1.82, 2.24) is 14.9 Å². The van der Waals surface area contributed by atoms with Crippen molar-refractivity contribution in [1.29, 1.82) is 0 Å². The number of hydrogen-bond acceptors (Lipinski definition) is 4. The summed E-state index contributed by atoms with van der Waals surface area (Å²) in [6, 6.07) is 13.9. The third kappa shape index (κ3) is 2.53. The molecule has 1 N–H and O–H groups in total. The molecule has 0 saturated heterocycles. The molecule has 1 heterocycles. The fourth-order valence-corrected chi connectivity index (χ4v) is 2.24. The van der Waals surface area contributed by atoms with Crippen LogP contribution in [0.3, 0.4) is 0 Å². The van der Waals surface area contributed by atoms with Gasteiger partial charge in [0.2, 0.25) is 4.77 Å². The first-order chi connectivity index (χ1) is 10.2. The van der Waals surface area contributed by atoms with Crippen molar-refractivity contribution >= 4 is 29.2 Å². The molecule has 2 aromatic carbocycles. The van der Waals surface area contributed by atoms with Crippen LogP contribution in [0.5, 0.6) is 0 Å². The van der Waals surface area contributed by atoms with Crippen molar-refractivity contribution < 1.29 is 0 Å². The Morgan fingerprint density at radius 2 is 2.00 bits per heavy atom. The zero-order chi connectivity index (χ0) is 14.8. The highest BCUT2D eigenvalue weighted by atomic mass is 32.1. The van der Waals surface area contributed by atoms with E-state index in [1.807, 2.05) is 42.5 Å². The largest absolute Gasteiger partial charge is 0.296 e. The molecule has 104 valence electrons. The van der Waals surface area contributed by atoms with Gasteiger partial charge in [0.25, 0.3) is 5.56 Å². The van der Waals surface area contributed by atoms with Crippen molar-refractivity contribution in [3.63, 3.8) is 0 Å². The molecule has 0 radical (unpaired) electrons. The number of nitrogens with one attached hydrogen (secondary N) is 1. The van der Waals surface area contributed by atoms with Gasteiger partial charge in [-0.15, -0.1) is 0 Å². The van der Waals surface area contributed by atoms with Crippen LogP contribution in [-0.2, 0) is 0 Å². The number of aromatic nitrogens is 3. The van der Waals surface area contributed by atoms with E-state index in [2.05, 4.69) is 15.3 Å². The summed E-state index contributed by atoms with van der Waals surface area (Å²) in [4.78, 5) is 12.0. The highest BCUT2D eigenvalue weighted by Gasteiger charge is 2.02. The van der Waals surface area contributed by atoms with Crippen LogP contribution in [0.25, 0.3) is 10.8 Å². The molecule has 1 aromatic heterocycles. The van der Waals surface area contributed by atoms with Gasteiger partial charge in [-0.1, -0.05) is 42.5 Å². The lowest BCUT2D eigenvalue weighted by atomic mass is 10.1. The number of aromatic amines is 1. The van der Waals surface area contributed by atoms with Crippen LogP contribution in [-0.4, -0.2) is 21.1 Å². The zero-order valence-electron chi connectivity index (χ0n) is 11.3. The van der Waals surface area contributed by atoms with E-state index in [1.165, 1.54) is 0 Å². The Morgan fingerprint density at radius 1 is 1.24 bits per heavy atom. The monoisotopic (exact) mass is 296 g/mol. The predicted octanol–water partition coefficient (Wildman–Crippen LogP) is 2.64. The molecular weight excluding hydrogens is 284 g/mol. The van der Waals surface area contributed by atoms with Crippen molar-refractivity contribution in [2.75, 3.05) is 0 Å². The van der Waals surface area contributed by atoms with Crippen LogP contribution in [0.15, 0.2) is 52.4 Å². The Kier molecular flexibility index (Phi) is 3.45. The number of H-pyrrole nitrogens is 1. The maximum absolute atomic E-state index is 12.0. The number of benzene rings is 2. The topological polar surface area (TPSA) is 63.0 Å². The lowest BCUT2D eigenvalue weighted by molar-refractivity contribution is 0.720. The predicted molar refractivity (Wildman–Crippen MR) is 85.4 cm³/mol. The zero-order valence-corrected chi connectivity index (χ0v) is 12.1. The molecule has 0 atom stereocenters. The molecule has 6 heteroatoms. The molecule has 0 fully saturated rings. The minimum absolute atomic E-state index is 0.169. The SMILES string of the molecule is Cc1n[nH]c(=S)n(N=Cc2cccc3ccccc23)c1=O. The molecule has 0 saturated carbocycles. The Balaban J connectivity index is 2.13. The lowest BCUT2D eigenvalue weighted by Crippen LogP contribution is -2.22. The Labute approximate surface area is 125 Å². The number of aryl methyl sites for hydroxylation is 1. The summed E-state index contributed by atoms with van der Waals surface area (Å²) in [6.45, 7) is 1.61. The van der Waals surface area contributed by atoms with Gasteiger partial charge >= 0.3 is 0 Å². The summed E-state index contributed by atoms with van der Waals surface area (Å²) in [5, 5.41) is 12.8. The summed E-state index contributed by atoms with van der Waals surface area (Å²) >= 11 is 5.04. The molecule has 21 heavy (non-hydrogen) atoms. The highest BCUT2D eigenvalue weighted by Crippen LogP contribution is 2.16. The first-order valence-electron chi connectivity index (χ1n) is 6.37. The third-order valence-corrected chi connectivity index (χ3v) is 3.41. The minimum Gasteiger partial charge on any atom is -0.265 e. The maximum Gasteiger partial charge on any atom is 0.296 e. The molecule has 3 rings (SSSR count). The van der Waals surface area contributed by atoms with Crippen molar-refractivity contribution in [3.8, 4) is 0 Å². The van der Waals surface area contributed by atoms with Gasteiger partial charge in [-0.05, 0) is 29.9 Å². The quantitative estimate of drug-likeness (QED) is 0.584. The fourth-order valence-electron chi connectivity index (χ4n) is 2.06. The van der Waals surface area contributed by atoms with Gasteiger partial charge in [0.05, 0.1) is 6.21 Å². The number of fused-ring (bicyclic) bond motifs is 1. The van der Waals surface area contributed by atoms with Crippen LogP contribution in [0.2, 0.25) is 0 Å². The second-order valence-corrected chi connectivity index (χ2v) is 4.93. The molecule has 0 aliphatic heterocycles. The third-order valence-electron chi connectivity index (χ3n) is 3.15. The molecule has 0 aliphatic rings. The average Bonchev–Trinajstić information content (AvgIpc) is 2.51. The molecular formula is C15H12N4OS. The normalized spacial score (nSPS) is 11.3. The maximum atomic E-state index is 12.0. The van der Waals surface area contributed by atoms with Crippen molar-refractivity contribution in [2.45, 2.75) is 6.92 Å². The summed E-state index contributed by atoms with van der Waals surface area (Å²) < 4.78 is 1.31. The minimum atomic E-state index is -0.324. The van der Waals surface area contributed by atoms with E-state index < -0.39 is 0 Å². The second-order valence-electron chi connectivity index (χ2n) is 4.54. The van der Waals surface area contributed by atoms with E-state index in [1.54, 1.807) is 13.1 Å². The summed E-state index contributed by atoms with van der Waals surface area (Å²) in [7, 11) is 0. The number of rotatable bonds is 2. The summed E-state index contributed by atoms with van der Waals surface area (Å²) in [5.74, 6) is 0. The van der Waals surface area contributed by atoms with E-state index in [9.17, 15) is 4.79 Å². The smallest absolute Gasteiger partial charge is 0.265 e. The molecule has 5 nitrogen and oxygen atoms in total. The Hall–Kier alpha value is -2.60. The Bertz CT molecular complexity index is 950. The summed E-state index contributed by atoms with van der Waals surface area (Å²) in [5.41, 5.74) is 0.915. The van der Waals surface area contributed by atoms with Gasteiger partial charge < -0.3 is 0 Å². The average molecular weight is 296 g/mol. The molecule has 0 spiro atoms. The molecule has 0 bridgehead atoms. The van der Waals surface area contributed by atoms with Crippen LogP contribution >= 0.6 is 12.2 Å². The lowest BCUT2D eigenvalue weighted by Gasteiger charge is -2.02.